The number of nitrogens with zero attached hydrogens (tertiary/aromatic N) is 4. The monoisotopic (exact) mass is 421 g/mol. The van der Waals surface area contributed by atoms with E-state index >= 15 is 0 Å². The van der Waals surface area contributed by atoms with Gasteiger partial charge in [0.1, 0.15) is 0 Å². The fourth-order valence-electron chi connectivity index (χ4n) is 3.38. The number of fused-ring (bicyclic) bond motifs is 3. The molecule has 4 aromatic rings. The molecule has 8 heteroatoms. The Morgan fingerprint density at radius 2 is 1.83 bits per heavy atom. The van der Waals surface area contributed by atoms with Gasteiger partial charge in [-0.25, -0.2) is 0 Å². The predicted molar refractivity (Wildman–Crippen MR) is 119 cm³/mol. The number of nitrogens with one attached hydrogen (secondary N) is 1. The van der Waals surface area contributed by atoms with Crippen molar-refractivity contribution in [2.24, 2.45) is 0 Å². The van der Waals surface area contributed by atoms with E-state index in [9.17, 15) is 9.59 Å². The Bertz CT molecular complexity index is 1250. The maximum atomic E-state index is 12.9. The van der Waals surface area contributed by atoms with Crippen LogP contribution >= 0.6 is 11.8 Å². The summed E-state index contributed by atoms with van der Waals surface area (Å²) in [6.07, 6.45) is 0.807. The molecule has 30 heavy (non-hydrogen) atoms. The number of benzene rings is 2. The number of thioether (sulfide) groups is 1. The molecule has 0 aliphatic rings. The fourth-order valence-corrected chi connectivity index (χ4v) is 4.26. The zero-order chi connectivity index (χ0) is 21.1. The summed E-state index contributed by atoms with van der Waals surface area (Å²) in [6.45, 7) is 4.90. The third-order valence-corrected chi connectivity index (χ3v) is 5.93. The maximum Gasteiger partial charge on any atom is 0.262 e. The number of aromatic nitrogens is 4. The van der Waals surface area contributed by atoms with Crippen LogP contribution in [0.15, 0.2) is 64.5 Å². The number of amides is 1. The van der Waals surface area contributed by atoms with Gasteiger partial charge in [0, 0.05) is 13.1 Å². The number of hydrogen-bond donors (Lipinski definition) is 1. The molecule has 7 nitrogen and oxygen atoms in total. The lowest BCUT2D eigenvalue weighted by Gasteiger charge is -2.13. The summed E-state index contributed by atoms with van der Waals surface area (Å²) in [4.78, 5) is 25.5. The topological polar surface area (TPSA) is 81.3 Å². The van der Waals surface area contributed by atoms with Crippen molar-refractivity contribution < 1.29 is 4.79 Å². The smallest absolute Gasteiger partial charge is 0.262 e. The average Bonchev–Trinajstić information content (AvgIpc) is 3.19. The molecule has 0 aliphatic heterocycles. The zero-order valence-electron chi connectivity index (χ0n) is 16.9. The van der Waals surface area contributed by atoms with Crippen molar-refractivity contribution in [2.45, 2.75) is 43.8 Å². The van der Waals surface area contributed by atoms with Crippen LogP contribution in [0.1, 0.15) is 25.8 Å². The van der Waals surface area contributed by atoms with Crippen LogP contribution < -0.4 is 10.9 Å². The van der Waals surface area contributed by atoms with Gasteiger partial charge in [-0.3, -0.25) is 18.6 Å². The summed E-state index contributed by atoms with van der Waals surface area (Å²) < 4.78 is 3.53. The molecular formula is C22H23N5O2S. The van der Waals surface area contributed by atoms with Crippen LogP contribution in [0.25, 0.3) is 16.7 Å². The molecule has 0 saturated heterocycles. The molecule has 2 aromatic carbocycles. The number of para-hydroxylation sites is 1. The molecule has 154 valence electrons. The second kappa shape index (κ2) is 8.71. The van der Waals surface area contributed by atoms with Gasteiger partial charge < -0.3 is 5.32 Å². The van der Waals surface area contributed by atoms with Gasteiger partial charge in [0.05, 0.1) is 16.2 Å². The summed E-state index contributed by atoms with van der Waals surface area (Å²) >= 11 is 1.33. The normalized spacial score (nSPS) is 12.3. The summed E-state index contributed by atoms with van der Waals surface area (Å²) in [5, 5.41) is 12.4. The van der Waals surface area contributed by atoms with Crippen LogP contribution in [-0.4, -0.2) is 30.3 Å². The van der Waals surface area contributed by atoms with Gasteiger partial charge in [0.25, 0.3) is 5.56 Å². The molecule has 0 fully saturated rings. The Kier molecular flexibility index (Phi) is 5.85. The molecule has 0 saturated carbocycles. The van der Waals surface area contributed by atoms with E-state index in [1.165, 1.54) is 11.8 Å². The number of carbonyl (C=O) groups is 1. The Balaban J connectivity index is 1.64. The minimum Gasteiger partial charge on any atom is -0.351 e. The zero-order valence-corrected chi connectivity index (χ0v) is 17.7. The van der Waals surface area contributed by atoms with Crippen molar-refractivity contribution in [3.63, 3.8) is 0 Å². The maximum absolute atomic E-state index is 12.9. The van der Waals surface area contributed by atoms with Gasteiger partial charge in [-0.2, -0.15) is 0 Å². The standard InChI is InChI=1S/C22H23N5O2S/c1-3-13-26-20(29)17-11-7-8-12-18(17)27-21(26)24-25-22(27)30-15(2)19(28)23-14-16-9-5-4-6-10-16/h4-12,15H,3,13-14H2,1-2H3,(H,23,28). The van der Waals surface area contributed by atoms with Crippen molar-refractivity contribution in [2.75, 3.05) is 0 Å². The van der Waals surface area contributed by atoms with Crippen LogP contribution in [0.3, 0.4) is 0 Å². The first-order valence-electron chi connectivity index (χ1n) is 9.95. The Morgan fingerprint density at radius 1 is 1.10 bits per heavy atom. The van der Waals surface area contributed by atoms with Crippen molar-refractivity contribution in [1.82, 2.24) is 24.5 Å². The van der Waals surface area contributed by atoms with E-state index in [2.05, 4.69) is 15.5 Å². The lowest BCUT2D eigenvalue weighted by Crippen LogP contribution is -2.30. The third-order valence-electron chi connectivity index (χ3n) is 4.89. The molecular weight excluding hydrogens is 398 g/mol. The van der Waals surface area contributed by atoms with Crippen LogP contribution in [0, 0.1) is 0 Å². The van der Waals surface area contributed by atoms with Crippen molar-refractivity contribution >= 4 is 34.3 Å². The Labute approximate surface area is 178 Å². The molecule has 2 aromatic heterocycles. The van der Waals surface area contributed by atoms with Gasteiger partial charge in [0.15, 0.2) is 5.16 Å². The fraction of sp³-hybridized carbons (Fsp3) is 0.273. The van der Waals surface area contributed by atoms with Crippen LogP contribution in [0.5, 0.6) is 0 Å². The van der Waals surface area contributed by atoms with E-state index in [4.69, 9.17) is 0 Å². The number of carbonyl (C=O) groups excluding carboxylic acids is 1. The largest absolute Gasteiger partial charge is 0.351 e. The molecule has 1 amide bonds. The lowest BCUT2D eigenvalue weighted by atomic mass is 10.2. The molecule has 1 N–H and O–H groups in total. The minimum absolute atomic E-state index is 0.0717. The van der Waals surface area contributed by atoms with Crippen molar-refractivity contribution in [3.05, 3.63) is 70.5 Å². The highest BCUT2D eigenvalue weighted by atomic mass is 32.2. The first-order chi connectivity index (χ1) is 14.6. The van der Waals surface area contributed by atoms with Gasteiger partial charge in [-0.15, -0.1) is 10.2 Å². The molecule has 1 unspecified atom stereocenters. The average molecular weight is 422 g/mol. The van der Waals surface area contributed by atoms with E-state index in [-0.39, 0.29) is 16.7 Å². The van der Waals surface area contributed by atoms with Gasteiger partial charge in [-0.1, -0.05) is 61.2 Å². The van der Waals surface area contributed by atoms with Crippen molar-refractivity contribution in [3.8, 4) is 0 Å². The third kappa shape index (κ3) is 3.82. The second-order valence-electron chi connectivity index (χ2n) is 7.06. The SMILES string of the molecule is CCCn1c(=O)c2ccccc2n2c(SC(C)C(=O)NCc3ccccc3)nnc12. The number of rotatable bonds is 7. The van der Waals surface area contributed by atoms with Crippen LogP contribution in [0.4, 0.5) is 0 Å². The summed E-state index contributed by atoms with van der Waals surface area (Å²) in [6, 6.07) is 17.2. The van der Waals surface area contributed by atoms with Gasteiger partial charge in [-0.05, 0) is 31.0 Å². The molecule has 1 atom stereocenters. The van der Waals surface area contributed by atoms with E-state index in [1.54, 1.807) is 4.57 Å². The molecule has 2 heterocycles. The van der Waals surface area contributed by atoms with Crippen molar-refractivity contribution in [1.29, 1.82) is 0 Å². The van der Waals surface area contributed by atoms with Crippen LogP contribution in [-0.2, 0) is 17.9 Å². The quantitative estimate of drug-likeness (QED) is 0.463. The highest BCUT2D eigenvalue weighted by Gasteiger charge is 2.21. The molecule has 0 spiro atoms. The molecule has 0 bridgehead atoms. The highest BCUT2D eigenvalue weighted by Crippen LogP contribution is 2.25. The lowest BCUT2D eigenvalue weighted by molar-refractivity contribution is -0.120. The van der Waals surface area contributed by atoms with Gasteiger partial charge >= 0.3 is 0 Å². The van der Waals surface area contributed by atoms with E-state index in [0.29, 0.717) is 29.4 Å². The molecule has 0 radical (unpaired) electrons. The first kappa shape index (κ1) is 20.2. The summed E-state index contributed by atoms with van der Waals surface area (Å²) in [5.41, 5.74) is 1.72. The number of aryl methyl sites for hydroxylation is 1. The highest BCUT2D eigenvalue weighted by molar-refractivity contribution is 8.00. The van der Waals surface area contributed by atoms with Gasteiger partial charge in [0.2, 0.25) is 11.7 Å². The summed E-state index contributed by atoms with van der Waals surface area (Å²) in [7, 11) is 0. The predicted octanol–water partition coefficient (Wildman–Crippen LogP) is 3.25. The Morgan fingerprint density at radius 3 is 2.60 bits per heavy atom. The summed E-state index contributed by atoms with van der Waals surface area (Å²) in [5.74, 6) is 0.423. The second-order valence-corrected chi connectivity index (χ2v) is 8.36. The molecule has 4 rings (SSSR count). The molecule has 0 aliphatic carbocycles. The first-order valence-corrected chi connectivity index (χ1v) is 10.8. The number of hydrogen-bond acceptors (Lipinski definition) is 5. The van der Waals surface area contributed by atoms with E-state index < -0.39 is 0 Å². The van der Waals surface area contributed by atoms with Crippen LogP contribution in [0.2, 0.25) is 0 Å². The van der Waals surface area contributed by atoms with E-state index in [0.717, 1.165) is 17.5 Å². The Hall–Kier alpha value is -3.13. The van der Waals surface area contributed by atoms with E-state index in [1.807, 2.05) is 72.8 Å². The minimum atomic E-state index is -0.369.